The lowest BCUT2D eigenvalue weighted by Gasteiger charge is -1.97. The molecule has 1 aromatic heterocycles. The predicted octanol–water partition coefficient (Wildman–Crippen LogP) is 3.72. The second-order valence-corrected chi connectivity index (χ2v) is 5.07. The first-order chi connectivity index (χ1) is 7.02. The van der Waals surface area contributed by atoms with Gasteiger partial charge in [0.25, 0.3) is 0 Å². The van der Waals surface area contributed by atoms with Gasteiger partial charge in [-0.1, -0.05) is 11.6 Å². The Morgan fingerprint density at radius 1 is 1.47 bits per heavy atom. The van der Waals surface area contributed by atoms with Crippen molar-refractivity contribution in [2.75, 3.05) is 0 Å². The minimum absolute atomic E-state index is 0.0121. The average Bonchev–Trinajstić information content (AvgIpc) is 2.51. The highest BCUT2D eigenvalue weighted by Crippen LogP contribution is 2.43. The molecule has 1 aromatic carbocycles. The normalized spacial score (nSPS) is 10.8. The third-order valence-corrected chi connectivity index (χ3v) is 4.53. The number of benzene rings is 1. The molecule has 2 N–H and O–H groups in total. The molecule has 1 heterocycles. The van der Waals surface area contributed by atoms with Crippen LogP contribution in [0.4, 0.5) is 0 Å². The van der Waals surface area contributed by atoms with Gasteiger partial charge in [0.1, 0.15) is 10.6 Å². The van der Waals surface area contributed by atoms with E-state index < -0.39 is 5.97 Å². The number of fused-ring (bicyclic) bond motifs is 1. The van der Waals surface area contributed by atoms with Crippen LogP contribution in [0.2, 0.25) is 5.02 Å². The highest BCUT2D eigenvalue weighted by Gasteiger charge is 2.19. The van der Waals surface area contributed by atoms with E-state index in [1.807, 2.05) is 0 Å². The Morgan fingerprint density at radius 3 is 2.67 bits per heavy atom. The first kappa shape index (κ1) is 10.7. The minimum Gasteiger partial charge on any atom is -0.507 e. The van der Waals surface area contributed by atoms with Crippen LogP contribution in [0.15, 0.2) is 16.6 Å². The Bertz CT molecular complexity index is 564. The molecule has 0 radical (unpaired) electrons. The van der Waals surface area contributed by atoms with Crippen LogP contribution in [-0.4, -0.2) is 16.2 Å². The molecule has 0 aliphatic rings. The van der Waals surface area contributed by atoms with Gasteiger partial charge in [0.15, 0.2) is 0 Å². The Morgan fingerprint density at radius 2 is 2.13 bits per heavy atom. The molecular weight excluding hydrogens is 304 g/mol. The van der Waals surface area contributed by atoms with Gasteiger partial charge >= 0.3 is 5.97 Å². The number of carboxylic acids is 1. The van der Waals surface area contributed by atoms with E-state index in [-0.39, 0.29) is 15.6 Å². The molecule has 6 heteroatoms. The first-order valence-corrected chi connectivity index (χ1v) is 5.84. The smallest absolute Gasteiger partial charge is 0.347 e. The van der Waals surface area contributed by atoms with Crippen molar-refractivity contribution in [3.8, 4) is 5.75 Å². The van der Waals surface area contributed by atoms with Crippen molar-refractivity contribution in [3.05, 3.63) is 26.5 Å². The number of aromatic hydroxyl groups is 1. The highest BCUT2D eigenvalue weighted by atomic mass is 79.9. The summed E-state index contributed by atoms with van der Waals surface area (Å²) in [6.45, 7) is 0. The predicted molar refractivity (Wildman–Crippen MR) is 63.2 cm³/mol. The third kappa shape index (κ3) is 1.60. The van der Waals surface area contributed by atoms with Gasteiger partial charge in [0.05, 0.1) is 15.1 Å². The molecule has 2 rings (SSSR count). The second-order valence-electron chi connectivity index (χ2n) is 2.82. The summed E-state index contributed by atoms with van der Waals surface area (Å²) in [7, 11) is 0. The fraction of sp³-hybridized carbons (Fsp3) is 0. The number of phenols is 1. The lowest BCUT2D eigenvalue weighted by molar-refractivity contribution is 0.0702. The summed E-state index contributed by atoms with van der Waals surface area (Å²) in [5.41, 5.74) is 0. The number of hydrogen-bond acceptors (Lipinski definition) is 3. The van der Waals surface area contributed by atoms with Crippen LogP contribution in [0.3, 0.4) is 0 Å². The summed E-state index contributed by atoms with van der Waals surface area (Å²) in [4.78, 5) is 10.9. The molecule has 0 unspecified atom stereocenters. The molecule has 2 aromatic rings. The standard InChI is InChI=1S/C9H4BrClO3S/c10-3-1-2-4(12)5-6(11)8(9(13)14)15-7(3)5/h1-2,12H,(H,13,14). The number of hydrogen-bond donors (Lipinski definition) is 2. The van der Waals surface area contributed by atoms with Crippen LogP contribution >= 0.6 is 38.9 Å². The largest absolute Gasteiger partial charge is 0.507 e. The number of thiophene rings is 1. The first-order valence-electron chi connectivity index (χ1n) is 3.85. The van der Waals surface area contributed by atoms with Gasteiger partial charge in [0, 0.05) is 4.47 Å². The van der Waals surface area contributed by atoms with Crippen molar-refractivity contribution < 1.29 is 15.0 Å². The summed E-state index contributed by atoms with van der Waals surface area (Å²) in [5, 5.41) is 18.9. The van der Waals surface area contributed by atoms with Gasteiger partial charge in [-0.15, -0.1) is 11.3 Å². The van der Waals surface area contributed by atoms with Gasteiger partial charge in [-0.25, -0.2) is 4.79 Å². The molecule has 0 spiro atoms. The van der Waals surface area contributed by atoms with E-state index in [1.165, 1.54) is 6.07 Å². The Hall–Kier alpha value is -0.780. The maximum atomic E-state index is 10.8. The summed E-state index contributed by atoms with van der Waals surface area (Å²) in [6.07, 6.45) is 0. The van der Waals surface area contributed by atoms with Gasteiger partial charge in [-0.2, -0.15) is 0 Å². The van der Waals surface area contributed by atoms with Crippen molar-refractivity contribution in [1.82, 2.24) is 0 Å². The SMILES string of the molecule is O=C(O)c1sc2c(Br)ccc(O)c2c1Cl. The number of phenolic OH excluding ortho intramolecular Hbond substituents is 1. The third-order valence-electron chi connectivity index (χ3n) is 1.90. The zero-order chi connectivity index (χ0) is 11.2. The van der Waals surface area contributed by atoms with E-state index in [9.17, 15) is 9.90 Å². The number of carboxylic acid groups (broad SMARTS) is 1. The van der Waals surface area contributed by atoms with Gasteiger partial charge in [0.2, 0.25) is 0 Å². The number of rotatable bonds is 1. The van der Waals surface area contributed by atoms with Crippen LogP contribution in [0.5, 0.6) is 5.75 Å². The monoisotopic (exact) mass is 306 g/mol. The van der Waals surface area contributed by atoms with Crippen molar-refractivity contribution in [3.63, 3.8) is 0 Å². The van der Waals surface area contributed by atoms with Gasteiger partial charge in [-0.3, -0.25) is 0 Å². The molecule has 0 aliphatic carbocycles. The minimum atomic E-state index is -1.09. The zero-order valence-electron chi connectivity index (χ0n) is 7.12. The van der Waals surface area contributed by atoms with Crippen LogP contribution in [-0.2, 0) is 0 Å². The molecular formula is C9H4BrClO3S. The number of carbonyl (C=O) groups is 1. The van der Waals surface area contributed by atoms with E-state index in [4.69, 9.17) is 16.7 Å². The lowest BCUT2D eigenvalue weighted by atomic mass is 10.2. The van der Waals surface area contributed by atoms with Crippen LogP contribution in [0.1, 0.15) is 9.67 Å². The van der Waals surface area contributed by atoms with Crippen LogP contribution in [0.25, 0.3) is 10.1 Å². The average molecular weight is 308 g/mol. The fourth-order valence-electron chi connectivity index (χ4n) is 1.26. The zero-order valence-corrected chi connectivity index (χ0v) is 10.3. The van der Waals surface area contributed by atoms with Crippen molar-refractivity contribution >= 4 is 54.9 Å². The van der Waals surface area contributed by atoms with E-state index >= 15 is 0 Å². The Kier molecular flexibility index (Phi) is 2.62. The van der Waals surface area contributed by atoms with E-state index in [0.29, 0.717) is 10.1 Å². The maximum absolute atomic E-state index is 10.8. The summed E-state index contributed by atoms with van der Waals surface area (Å²) in [6, 6.07) is 3.12. The van der Waals surface area contributed by atoms with Crippen molar-refractivity contribution in [1.29, 1.82) is 0 Å². The molecule has 78 valence electrons. The molecule has 0 saturated heterocycles. The van der Waals surface area contributed by atoms with Crippen LogP contribution < -0.4 is 0 Å². The second kappa shape index (κ2) is 3.66. The topological polar surface area (TPSA) is 57.5 Å². The molecule has 0 fully saturated rings. The van der Waals surface area contributed by atoms with Crippen LogP contribution in [0, 0.1) is 0 Å². The summed E-state index contributed by atoms with van der Waals surface area (Å²) >= 11 is 10.2. The number of halogens is 2. The fourth-order valence-corrected chi connectivity index (χ4v) is 3.23. The molecule has 0 bridgehead atoms. The molecule has 3 nitrogen and oxygen atoms in total. The molecule has 0 saturated carbocycles. The molecule has 0 atom stereocenters. The maximum Gasteiger partial charge on any atom is 0.347 e. The lowest BCUT2D eigenvalue weighted by Crippen LogP contribution is -1.91. The van der Waals surface area contributed by atoms with E-state index in [2.05, 4.69) is 15.9 Å². The summed E-state index contributed by atoms with van der Waals surface area (Å²) in [5.74, 6) is -1.10. The molecule has 15 heavy (non-hydrogen) atoms. The Labute approximate surface area is 102 Å². The quantitative estimate of drug-likeness (QED) is 0.844. The van der Waals surface area contributed by atoms with Gasteiger partial charge in [-0.05, 0) is 28.1 Å². The highest BCUT2D eigenvalue weighted by molar-refractivity contribution is 9.10. The number of aromatic carboxylic acids is 1. The van der Waals surface area contributed by atoms with Crippen molar-refractivity contribution in [2.24, 2.45) is 0 Å². The molecule has 0 aliphatic heterocycles. The van der Waals surface area contributed by atoms with Gasteiger partial charge < -0.3 is 10.2 Å². The van der Waals surface area contributed by atoms with E-state index in [0.717, 1.165) is 15.8 Å². The van der Waals surface area contributed by atoms with E-state index in [1.54, 1.807) is 6.07 Å². The molecule has 0 amide bonds. The Balaban J connectivity index is 2.93. The van der Waals surface area contributed by atoms with Crippen molar-refractivity contribution in [2.45, 2.75) is 0 Å². The summed E-state index contributed by atoms with van der Waals surface area (Å²) < 4.78 is 1.35.